The van der Waals surface area contributed by atoms with E-state index >= 15 is 0 Å². The van der Waals surface area contributed by atoms with E-state index in [0.29, 0.717) is 22.1 Å². The number of hydrogen-bond acceptors (Lipinski definition) is 7. The SMILES string of the molecule is COc1ccc(Cl)cc1Nc1ncnc(Nc2ccc(I)cc2)c1[N+](=O)[O-]. The van der Waals surface area contributed by atoms with Crippen LogP contribution < -0.4 is 15.4 Å². The Kier molecular flexibility index (Phi) is 5.91. The zero-order valence-electron chi connectivity index (χ0n) is 13.9. The van der Waals surface area contributed by atoms with Gasteiger partial charge in [-0.05, 0) is 65.1 Å². The molecule has 27 heavy (non-hydrogen) atoms. The smallest absolute Gasteiger partial charge is 0.353 e. The standard InChI is InChI=1S/C17H13ClIN5O3/c1-27-14-7-2-10(18)8-13(14)23-17-15(24(25)26)16(20-9-21-17)22-12-5-3-11(19)4-6-12/h2-9H,1H3,(H2,20,21,22,23). The highest BCUT2D eigenvalue weighted by Crippen LogP contribution is 2.36. The maximum atomic E-state index is 11.7. The summed E-state index contributed by atoms with van der Waals surface area (Å²) in [5, 5.41) is 18.0. The largest absolute Gasteiger partial charge is 0.495 e. The molecule has 3 rings (SSSR count). The lowest BCUT2D eigenvalue weighted by atomic mass is 10.2. The number of halogens is 2. The van der Waals surface area contributed by atoms with Crippen molar-refractivity contribution in [3.05, 3.63) is 67.5 Å². The van der Waals surface area contributed by atoms with Gasteiger partial charge in [-0.1, -0.05) is 11.6 Å². The van der Waals surface area contributed by atoms with Crippen molar-refractivity contribution in [3.8, 4) is 5.75 Å². The summed E-state index contributed by atoms with van der Waals surface area (Å²) in [5.41, 5.74) is 0.827. The summed E-state index contributed by atoms with van der Waals surface area (Å²) < 4.78 is 6.31. The van der Waals surface area contributed by atoms with Crippen molar-refractivity contribution >= 4 is 62.9 Å². The molecular weight excluding hydrogens is 485 g/mol. The van der Waals surface area contributed by atoms with Gasteiger partial charge in [-0.2, -0.15) is 0 Å². The van der Waals surface area contributed by atoms with Gasteiger partial charge in [0.05, 0.1) is 17.7 Å². The third-order valence-electron chi connectivity index (χ3n) is 3.53. The monoisotopic (exact) mass is 497 g/mol. The summed E-state index contributed by atoms with van der Waals surface area (Å²) in [4.78, 5) is 19.2. The highest BCUT2D eigenvalue weighted by atomic mass is 127. The second kappa shape index (κ2) is 8.35. The Balaban J connectivity index is 2.00. The molecule has 0 saturated heterocycles. The van der Waals surface area contributed by atoms with E-state index in [9.17, 15) is 10.1 Å². The molecular formula is C17H13ClIN5O3. The highest BCUT2D eigenvalue weighted by Gasteiger charge is 2.24. The Hall–Kier alpha value is -2.66. The van der Waals surface area contributed by atoms with Crippen molar-refractivity contribution in [1.29, 1.82) is 0 Å². The van der Waals surface area contributed by atoms with Crippen molar-refractivity contribution < 1.29 is 9.66 Å². The summed E-state index contributed by atoms with van der Waals surface area (Å²) in [6.45, 7) is 0. The molecule has 0 atom stereocenters. The van der Waals surface area contributed by atoms with Gasteiger partial charge in [-0.25, -0.2) is 9.97 Å². The van der Waals surface area contributed by atoms with E-state index in [-0.39, 0.29) is 17.3 Å². The summed E-state index contributed by atoms with van der Waals surface area (Å²) >= 11 is 8.20. The molecule has 0 bridgehead atoms. The lowest BCUT2D eigenvalue weighted by Crippen LogP contribution is -2.06. The van der Waals surface area contributed by atoms with E-state index in [0.717, 1.165) is 3.57 Å². The molecule has 1 heterocycles. The van der Waals surface area contributed by atoms with E-state index in [1.165, 1.54) is 13.4 Å². The minimum absolute atomic E-state index is 0.0172. The normalized spacial score (nSPS) is 10.3. The number of ether oxygens (including phenoxy) is 1. The van der Waals surface area contributed by atoms with Crippen LogP contribution in [0, 0.1) is 13.7 Å². The van der Waals surface area contributed by atoms with Gasteiger partial charge in [0.2, 0.25) is 11.6 Å². The van der Waals surface area contributed by atoms with Crippen LogP contribution in [0.1, 0.15) is 0 Å². The first-order valence-corrected chi connectivity index (χ1v) is 9.06. The predicted octanol–water partition coefficient (Wildman–Crippen LogP) is 5.14. The molecule has 2 N–H and O–H groups in total. The molecule has 0 amide bonds. The first kappa shape index (κ1) is 19.1. The summed E-state index contributed by atoms with van der Waals surface area (Å²) in [6.07, 6.45) is 1.24. The topological polar surface area (TPSA) is 102 Å². The molecule has 0 aliphatic carbocycles. The van der Waals surface area contributed by atoms with Crippen molar-refractivity contribution in [2.75, 3.05) is 17.7 Å². The van der Waals surface area contributed by atoms with Crippen LogP contribution in [0.2, 0.25) is 5.02 Å². The molecule has 3 aromatic rings. The molecule has 138 valence electrons. The Labute approximate surface area is 173 Å². The Bertz CT molecular complexity index is 985. The first-order chi connectivity index (χ1) is 13.0. The van der Waals surface area contributed by atoms with Crippen LogP contribution in [-0.2, 0) is 0 Å². The van der Waals surface area contributed by atoms with Crippen LogP contribution >= 0.6 is 34.2 Å². The fourth-order valence-electron chi connectivity index (χ4n) is 2.31. The number of rotatable bonds is 6. The molecule has 0 radical (unpaired) electrons. The zero-order chi connectivity index (χ0) is 19.4. The third kappa shape index (κ3) is 4.55. The van der Waals surface area contributed by atoms with E-state index in [4.69, 9.17) is 16.3 Å². The number of nitrogens with one attached hydrogen (secondary N) is 2. The lowest BCUT2D eigenvalue weighted by molar-refractivity contribution is -0.383. The molecule has 0 unspecified atom stereocenters. The number of anilines is 4. The maximum Gasteiger partial charge on any atom is 0.353 e. The lowest BCUT2D eigenvalue weighted by Gasteiger charge is -2.12. The van der Waals surface area contributed by atoms with Crippen LogP contribution in [0.25, 0.3) is 0 Å². The first-order valence-electron chi connectivity index (χ1n) is 7.60. The number of aromatic nitrogens is 2. The Morgan fingerprint density at radius 3 is 2.41 bits per heavy atom. The Morgan fingerprint density at radius 2 is 1.78 bits per heavy atom. The average Bonchev–Trinajstić information content (AvgIpc) is 2.64. The van der Waals surface area contributed by atoms with Crippen LogP contribution in [0.5, 0.6) is 5.75 Å². The predicted molar refractivity (Wildman–Crippen MR) is 112 cm³/mol. The van der Waals surface area contributed by atoms with E-state index in [1.807, 2.05) is 12.1 Å². The molecule has 2 aromatic carbocycles. The minimum Gasteiger partial charge on any atom is -0.495 e. The zero-order valence-corrected chi connectivity index (χ0v) is 16.9. The fraction of sp³-hybridized carbons (Fsp3) is 0.0588. The number of methoxy groups -OCH3 is 1. The van der Waals surface area contributed by atoms with Crippen molar-refractivity contribution in [3.63, 3.8) is 0 Å². The van der Waals surface area contributed by atoms with Gasteiger partial charge in [0.25, 0.3) is 0 Å². The van der Waals surface area contributed by atoms with Crippen LogP contribution in [0.15, 0.2) is 48.8 Å². The Morgan fingerprint density at radius 1 is 1.11 bits per heavy atom. The second-order valence-electron chi connectivity index (χ2n) is 5.28. The quantitative estimate of drug-likeness (QED) is 0.276. The van der Waals surface area contributed by atoms with Gasteiger partial charge in [0.15, 0.2) is 0 Å². The molecule has 0 fully saturated rings. The third-order valence-corrected chi connectivity index (χ3v) is 4.48. The van der Waals surface area contributed by atoms with Gasteiger partial charge in [-0.3, -0.25) is 10.1 Å². The second-order valence-corrected chi connectivity index (χ2v) is 6.96. The molecule has 0 aliphatic heterocycles. The van der Waals surface area contributed by atoms with Crippen LogP contribution in [0.3, 0.4) is 0 Å². The van der Waals surface area contributed by atoms with Crippen LogP contribution in [-0.4, -0.2) is 22.0 Å². The van der Waals surface area contributed by atoms with Crippen LogP contribution in [0.4, 0.5) is 28.7 Å². The van der Waals surface area contributed by atoms with Gasteiger partial charge in [0, 0.05) is 14.3 Å². The fourth-order valence-corrected chi connectivity index (χ4v) is 2.84. The summed E-state index contributed by atoms with van der Waals surface area (Å²) in [6, 6.07) is 12.3. The molecule has 0 spiro atoms. The van der Waals surface area contributed by atoms with E-state index in [1.54, 1.807) is 30.3 Å². The number of benzene rings is 2. The molecule has 0 aliphatic rings. The summed E-state index contributed by atoms with van der Waals surface area (Å²) in [7, 11) is 1.49. The summed E-state index contributed by atoms with van der Waals surface area (Å²) in [5.74, 6) is 0.558. The average molecular weight is 498 g/mol. The molecule has 1 aromatic heterocycles. The van der Waals surface area contributed by atoms with Crippen molar-refractivity contribution in [2.45, 2.75) is 0 Å². The van der Waals surface area contributed by atoms with E-state index < -0.39 is 4.92 Å². The van der Waals surface area contributed by atoms with Gasteiger partial charge < -0.3 is 15.4 Å². The number of nitro groups is 1. The van der Waals surface area contributed by atoms with Crippen molar-refractivity contribution in [1.82, 2.24) is 9.97 Å². The highest BCUT2D eigenvalue weighted by molar-refractivity contribution is 14.1. The van der Waals surface area contributed by atoms with Gasteiger partial charge in [0.1, 0.15) is 12.1 Å². The number of hydrogen-bond donors (Lipinski definition) is 2. The minimum atomic E-state index is -0.547. The van der Waals surface area contributed by atoms with Crippen molar-refractivity contribution in [2.24, 2.45) is 0 Å². The molecule has 10 heteroatoms. The molecule has 8 nitrogen and oxygen atoms in total. The maximum absolute atomic E-state index is 11.7. The van der Waals surface area contributed by atoms with Gasteiger partial charge in [-0.15, -0.1) is 0 Å². The number of nitrogens with zero attached hydrogens (tertiary/aromatic N) is 3. The molecule has 0 saturated carbocycles. The van der Waals surface area contributed by atoms with E-state index in [2.05, 4.69) is 43.2 Å². The van der Waals surface area contributed by atoms with Gasteiger partial charge >= 0.3 is 5.69 Å².